The number of carbonyl (C=O) groups excluding carboxylic acids is 3. The maximum Gasteiger partial charge on any atom is 0.317 e. The Morgan fingerprint density at radius 2 is 1.30 bits per heavy atom. The average molecular weight is 394 g/mol. The molecule has 0 radical (unpaired) electrons. The quantitative estimate of drug-likeness (QED) is 0.553. The third-order valence-corrected chi connectivity index (χ3v) is 2.68. The lowest BCUT2D eigenvalue weighted by atomic mass is 10.2. The van der Waals surface area contributed by atoms with E-state index in [1.165, 1.54) is 0 Å². The molecular formula is C19H43N3O5. The van der Waals surface area contributed by atoms with Gasteiger partial charge in [0.2, 0.25) is 11.8 Å². The van der Waals surface area contributed by atoms with E-state index < -0.39 is 12.0 Å². The van der Waals surface area contributed by atoms with E-state index in [9.17, 15) is 14.4 Å². The van der Waals surface area contributed by atoms with Crippen LogP contribution in [0, 0.1) is 0 Å². The smallest absolute Gasteiger partial charge is 0.317 e. The normalized spacial score (nSPS) is 9.07. The summed E-state index contributed by atoms with van der Waals surface area (Å²) in [6, 6.07) is -0.556. The highest BCUT2D eigenvalue weighted by Crippen LogP contribution is 1.99. The standard InChI is InChI=1S/C12H23N3O4.3C2H6.CH2O/c1-4-9(12(19)15(5-2)6-3)14-10(16)7-13-8-11(17)18;4*1-2/h9,13H,4-8H2,1-3H3,(H,14,16)(H,17,18);3*1-2H3;1H2/t9-;;;;/m0..../s1. The number of nitrogens with one attached hydrogen (secondary N) is 2. The van der Waals surface area contributed by atoms with Crippen molar-refractivity contribution in [3.63, 3.8) is 0 Å². The van der Waals surface area contributed by atoms with Crippen molar-refractivity contribution in [1.82, 2.24) is 15.5 Å². The van der Waals surface area contributed by atoms with Crippen molar-refractivity contribution in [3.8, 4) is 0 Å². The largest absolute Gasteiger partial charge is 0.480 e. The molecule has 3 N–H and O–H groups in total. The predicted molar refractivity (Wildman–Crippen MR) is 112 cm³/mol. The number of carbonyl (C=O) groups is 4. The number of carboxylic acid groups (broad SMARTS) is 1. The number of hydrogen-bond donors (Lipinski definition) is 3. The molecule has 2 amide bonds. The minimum atomic E-state index is -1.03. The van der Waals surface area contributed by atoms with Gasteiger partial charge >= 0.3 is 5.97 Å². The summed E-state index contributed by atoms with van der Waals surface area (Å²) < 4.78 is 0. The molecule has 0 aromatic heterocycles. The van der Waals surface area contributed by atoms with Gasteiger partial charge in [-0.15, -0.1) is 0 Å². The third kappa shape index (κ3) is 24.0. The van der Waals surface area contributed by atoms with Crippen molar-refractivity contribution in [2.45, 2.75) is 74.8 Å². The van der Waals surface area contributed by atoms with Crippen molar-refractivity contribution >= 4 is 24.6 Å². The molecule has 0 fully saturated rings. The van der Waals surface area contributed by atoms with Crippen LogP contribution in [0.5, 0.6) is 0 Å². The van der Waals surface area contributed by atoms with Crippen LogP contribution in [0.25, 0.3) is 0 Å². The average Bonchev–Trinajstić information content (AvgIpc) is 2.72. The molecule has 0 saturated heterocycles. The fourth-order valence-electron chi connectivity index (χ4n) is 1.62. The fourth-order valence-corrected chi connectivity index (χ4v) is 1.62. The Balaban J connectivity index is -0.000000177. The predicted octanol–water partition coefficient (Wildman–Crippen LogP) is 2.32. The first-order valence-electron chi connectivity index (χ1n) is 9.75. The molecule has 0 aromatic carbocycles. The van der Waals surface area contributed by atoms with Gasteiger partial charge in [0, 0.05) is 13.1 Å². The Bertz CT molecular complexity index is 335. The second kappa shape index (κ2) is 31.8. The molecule has 0 aliphatic heterocycles. The number of aliphatic carboxylic acids is 1. The summed E-state index contributed by atoms with van der Waals surface area (Å²) >= 11 is 0. The molecule has 1 atom stereocenters. The van der Waals surface area contributed by atoms with Gasteiger partial charge < -0.3 is 20.1 Å². The van der Waals surface area contributed by atoms with Crippen LogP contribution < -0.4 is 10.6 Å². The molecule has 0 unspecified atom stereocenters. The highest BCUT2D eigenvalue weighted by atomic mass is 16.4. The van der Waals surface area contributed by atoms with E-state index in [1.54, 1.807) is 4.90 Å². The van der Waals surface area contributed by atoms with E-state index in [-0.39, 0.29) is 24.9 Å². The van der Waals surface area contributed by atoms with Crippen molar-refractivity contribution in [3.05, 3.63) is 0 Å². The first-order chi connectivity index (χ1) is 13.0. The van der Waals surface area contributed by atoms with Gasteiger partial charge in [0.15, 0.2) is 0 Å². The molecule has 8 nitrogen and oxygen atoms in total. The van der Waals surface area contributed by atoms with Gasteiger partial charge in [-0.25, -0.2) is 0 Å². The van der Waals surface area contributed by atoms with Crippen LogP contribution in [0.4, 0.5) is 0 Å². The Hall–Kier alpha value is -1.96. The summed E-state index contributed by atoms with van der Waals surface area (Å²) in [6.07, 6.45) is 0.500. The van der Waals surface area contributed by atoms with Crippen LogP contribution in [0.3, 0.4) is 0 Å². The Kier molecular flexibility index (Phi) is 42.4. The van der Waals surface area contributed by atoms with E-state index in [4.69, 9.17) is 9.90 Å². The lowest BCUT2D eigenvalue weighted by Crippen LogP contribution is -2.50. The van der Waals surface area contributed by atoms with Crippen LogP contribution >= 0.6 is 0 Å². The van der Waals surface area contributed by atoms with Gasteiger partial charge in [-0.05, 0) is 20.3 Å². The zero-order valence-electron chi connectivity index (χ0n) is 18.8. The van der Waals surface area contributed by atoms with E-state index in [2.05, 4.69) is 10.6 Å². The van der Waals surface area contributed by atoms with Gasteiger partial charge in [0.1, 0.15) is 12.8 Å². The highest BCUT2D eigenvalue weighted by molar-refractivity contribution is 5.88. The maximum atomic E-state index is 12.1. The third-order valence-electron chi connectivity index (χ3n) is 2.68. The molecule has 8 heteroatoms. The molecule has 164 valence electrons. The van der Waals surface area contributed by atoms with Crippen LogP contribution in [0.1, 0.15) is 68.7 Å². The monoisotopic (exact) mass is 393 g/mol. The SMILES string of the molecule is C=O.CC.CC.CC.CC[C@H](NC(=O)CNCC(=O)O)C(=O)N(CC)CC. The van der Waals surface area contributed by atoms with Crippen molar-refractivity contribution in [2.75, 3.05) is 26.2 Å². The first kappa shape index (κ1) is 36.0. The van der Waals surface area contributed by atoms with E-state index in [0.29, 0.717) is 19.5 Å². The number of rotatable bonds is 9. The summed E-state index contributed by atoms with van der Waals surface area (Å²) in [7, 11) is 0. The number of likely N-dealkylation sites (N-methyl/N-ethyl adjacent to an activating group) is 1. The lowest BCUT2D eigenvalue weighted by Gasteiger charge is -2.25. The van der Waals surface area contributed by atoms with Crippen LogP contribution in [0.2, 0.25) is 0 Å². The zero-order chi connectivity index (χ0) is 22.8. The number of hydrogen-bond acceptors (Lipinski definition) is 5. The van der Waals surface area contributed by atoms with Gasteiger partial charge in [-0.2, -0.15) is 0 Å². The van der Waals surface area contributed by atoms with Gasteiger partial charge in [0.25, 0.3) is 0 Å². The number of nitrogens with zero attached hydrogens (tertiary/aromatic N) is 1. The summed E-state index contributed by atoms with van der Waals surface area (Å²) in [4.78, 5) is 43.5. The summed E-state index contributed by atoms with van der Waals surface area (Å²) in [5.41, 5.74) is 0. The van der Waals surface area contributed by atoms with Crippen LogP contribution in [-0.2, 0) is 19.2 Å². The molecule has 0 saturated carbocycles. The fraction of sp³-hybridized carbons (Fsp3) is 0.789. The molecule has 0 aliphatic carbocycles. The maximum absolute atomic E-state index is 12.1. The van der Waals surface area contributed by atoms with Gasteiger partial charge in [-0.1, -0.05) is 48.5 Å². The molecule has 0 heterocycles. The first-order valence-corrected chi connectivity index (χ1v) is 9.75. The van der Waals surface area contributed by atoms with Gasteiger partial charge in [0.05, 0.1) is 13.1 Å². The second-order valence-corrected chi connectivity index (χ2v) is 4.04. The minimum Gasteiger partial charge on any atom is -0.480 e. The van der Waals surface area contributed by atoms with Crippen molar-refractivity contribution in [2.24, 2.45) is 0 Å². The molecule has 0 aromatic rings. The molecule has 0 rings (SSSR count). The summed E-state index contributed by atoms with van der Waals surface area (Å²) in [5.74, 6) is -1.52. The van der Waals surface area contributed by atoms with E-state index in [0.717, 1.165) is 0 Å². The zero-order valence-corrected chi connectivity index (χ0v) is 18.8. The summed E-state index contributed by atoms with van der Waals surface area (Å²) in [6.45, 7) is 20.4. The Morgan fingerprint density at radius 3 is 1.59 bits per heavy atom. The minimum absolute atomic E-state index is 0.112. The van der Waals surface area contributed by atoms with Gasteiger partial charge in [-0.3, -0.25) is 19.7 Å². The van der Waals surface area contributed by atoms with Crippen LogP contribution in [0.15, 0.2) is 0 Å². The molecule has 27 heavy (non-hydrogen) atoms. The van der Waals surface area contributed by atoms with E-state index in [1.807, 2.05) is 69.1 Å². The molecule has 0 spiro atoms. The molecule has 0 aliphatic rings. The topological polar surface area (TPSA) is 116 Å². The van der Waals surface area contributed by atoms with E-state index >= 15 is 0 Å². The highest BCUT2D eigenvalue weighted by Gasteiger charge is 2.22. The lowest BCUT2D eigenvalue weighted by molar-refractivity contribution is -0.137. The molecule has 0 bridgehead atoms. The summed E-state index contributed by atoms with van der Waals surface area (Å²) in [5, 5.41) is 13.5. The molecular weight excluding hydrogens is 350 g/mol. The Labute approximate surface area is 166 Å². The Morgan fingerprint density at radius 1 is 0.889 bits per heavy atom. The number of amides is 2. The van der Waals surface area contributed by atoms with Crippen LogP contribution in [-0.4, -0.2) is 66.8 Å². The van der Waals surface area contributed by atoms with Crippen molar-refractivity contribution < 1.29 is 24.3 Å². The number of carboxylic acids is 1. The van der Waals surface area contributed by atoms with Crippen molar-refractivity contribution in [1.29, 1.82) is 0 Å². The second-order valence-electron chi connectivity index (χ2n) is 4.04.